The highest BCUT2D eigenvalue weighted by molar-refractivity contribution is 5.83. The Hall–Kier alpha value is -2.55. The summed E-state index contributed by atoms with van der Waals surface area (Å²) in [5, 5.41) is 0. The molecule has 0 saturated carbocycles. The summed E-state index contributed by atoms with van der Waals surface area (Å²) in [4.78, 5) is 15.2. The number of allylic oxidation sites excluding steroid dienone is 1. The molecular formula is C18H18N2O. The van der Waals surface area contributed by atoms with Crippen molar-refractivity contribution in [3.63, 3.8) is 0 Å². The molecule has 0 unspecified atom stereocenters. The fourth-order valence-corrected chi connectivity index (χ4v) is 2.57. The Labute approximate surface area is 123 Å². The molecule has 1 heterocycles. The Morgan fingerprint density at radius 3 is 2.48 bits per heavy atom. The average molecular weight is 278 g/mol. The van der Waals surface area contributed by atoms with Crippen molar-refractivity contribution in [2.24, 2.45) is 0 Å². The molecular weight excluding hydrogens is 260 g/mol. The predicted octanol–water partition coefficient (Wildman–Crippen LogP) is 3.96. The van der Waals surface area contributed by atoms with E-state index in [2.05, 4.69) is 24.9 Å². The van der Waals surface area contributed by atoms with Crippen LogP contribution >= 0.6 is 0 Å². The van der Waals surface area contributed by atoms with Crippen LogP contribution in [0.2, 0.25) is 0 Å². The number of H-pyrrole nitrogens is 1. The summed E-state index contributed by atoms with van der Waals surface area (Å²) < 4.78 is 1.73. The van der Waals surface area contributed by atoms with E-state index in [4.69, 9.17) is 0 Å². The first-order chi connectivity index (χ1) is 10.1. The molecule has 106 valence electrons. The summed E-state index contributed by atoms with van der Waals surface area (Å²) in [6.07, 6.45) is 2.02. The van der Waals surface area contributed by atoms with Gasteiger partial charge in [0, 0.05) is 5.70 Å². The SMILES string of the molecule is C/C(=C\c1ccccc1)n1c(=O)[nH]c2cc(C)c(C)cc21. The topological polar surface area (TPSA) is 37.8 Å². The first-order valence-electron chi connectivity index (χ1n) is 7.02. The second-order valence-corrected chi connectivity index (χ2v) is 5.42. The van der Waals surface area contributed by atoms with Gasteiger partial charge < -0.3 is 4.98 Å². The third kappa shape index (κ3) is 2.42. The molecule has 21 heavy (non-hydrogen) atoms. The summed E-state index contributed by atoms with van der Waals surface area (Å²) in [6.45, 7) is 6.07. The Kier molecular flexibility index (Phi) is 3.26. The van der Waals surface area contributed by atoms with Crippen molar-refractivity contribution in [2.45, 2.75) is 20.8 Å². The van der Waals surface area contributed by atoms with Crippen molar-refractivity contribution >= 4 is 22.8 Å². The van der Waals surface area contributed by atoms with Crippen molar-refractivity contribution in [3.05, 3.63) is 69.6 Å². The van der Waals surface area contributed by atoms with Gasteiger partial charge in [0.1, 0.15) is 0 Å². The molecule has 0 radical (unpaired) electrons. The standard InChI is InChI=1S/C18H18N2O/c1-12-9-16-17(10-13(12)2)20(18(21)19-16)14(3)11-15-7-5-4-6-8-15/h4-11H,1-3H3,(H,19,21)/b14-11+. The second kappa shape index (κ2) is 5.09. The second-order valence-electron chi connectivity index (χ2n) is 5.42. The molecule has 2 aromatic carbocycles. The third-order valence-corrected chi connectivity index (χ3v) is 3.83. The number of hydrogen-bond acceptors (Lipinski definition) is 1. The highest BCUT2D eigenvalue weighted by Gasteiger charge is 2.09. The molecule has 0 spiro atoms. The third-order valence-electron chi connectivity index (χ3n) is 3.83. The maximum atomic E-state index is 12.3. The smallest absolute Gasteiger partial charge is 0.305 e. The minimum Gasteiger partial charge on any atom is -0.305 e. The van der Waals surface area contributed by atoms with Gasteiger partial charge in [0.05, 0.1) is 11.0 Å². The van der Waals surface area contributed by atoms with Gasteiger partial charge in [0.25, 0.3) is 0 Å². The number of imidazole rings is 1. The summed E-state index contributed by atoms with van der Waals surface area (Å²) >= 11 is 0. The maximum Gasteiger partial charge on any atom is 0.330 e. The highest BCUT2D eigenvalue weighted by Crippen LogP contribution is 2.20. The summed E-state index contributed by atoms with van der Waals surface area (Å²) in [5.41, 5.74) is 6.06. The van der Waals surface area contributed by atoms with Gasteiger partial charge in [-0.25, -0.2) is 4.79 Å². The number of benzene rings is 2. The van der Waals surface area contributed by atoms with Crippen LogP contribution in [0.3, 0.4) is 0 Å². The molecule has 1 aromatic heterocycles. The van der Waals surface area contributed by atoms with E-state index in [0.717, 1.165) is 22.3 Å². The minimum absolute atomic E-state index is 0.0975. The molecule has 0 saturated heterocycles. The Morgan fingerprint density at radius 2 is 1.76 bits per heavy atom. The number of aromatic nitrogens is 2. The molecule has 3 heteroatoms. The molecule has 0 bridgehead atoms. The number of fused-ring (bicyclic) bond motifs is 1. The van der Waals surface area contributed by atoms with Gasteiger partial charge in [-0.2, -0.15) is 0 Å². The fraction of sp³-hybridized carbons (Fsp3) is 0.167. The molecule has 0 atom stereocenters. The predicted molar refractivity (Wildman–Crippen MR) is 88.3 cm³/mol. The van der Waals surface area contributed by atoms with E-state index in [1.54, 1.807) is 4.57 Å². The fourth-order valence-electron chi connectivity index (χ4n) is 2.57. The van der Waals surface area contributed by atoms with Crippen LogP contribution in [0.1, 0.15) is 23.6 Å². The molecule has 0 fully saturated rings. The van der Waals surface area contributed by atoms with Crippen LogP contribution in [0.15, 0.2) is 47.3 Å². The largest absolute Gasteiger partial charge is 0.330 e. The molecule has 0 aliphatic heterocycles. The lowest BCUT2D eigenvalue weighted by Crippen LogP contribution is -2.14. The van der Waals surface area contributed by atoms with Crippen LogP contribution < -0.4 is 5.69 Å². The molecule has 0 amide bonds. The van der Waals surface area contributed by atoms with Crippen LogP contribution in [0.5, 0.6) is 0 Å². The summed E-state index contributed by atoms with van der Waals surface area (Å²) in [7, 11) is 0. The van der Waals surface area contributed by atoms with E-state index in [9.17, 15) is 4.79 Å². The van der Waals surface area contributed by atoms with E-state index in [-0.39, 0.29) is 5.69 Å². The first-order valence-corrected chi connectivity index (χ1v) is 7.02. The van der Waals surface area contributed by atoms with Crippen molar-refractivity contribution in [1.29, 1.82) is 0 Å². The van der Waals surface area contributed by atoms with Crippen LogP contribution in [0, 0.1) is 13.8 Å². The maximum absolute atomic E-state index is 12.3. The zero-order chi connectivity index (χ0) is 15.0. The number of aromatic amines is 1. The number of hydrogen-bond donors (Lipinski definition) is 1. The average Bonchev–Trinajstić information content (AvgIpc) is 2.75. The minimum atomic E-state index is -0.0975. The normalized spacial score (nSPS) is 12.0. The monoisotopic (exact) mass is 278 g/mol. The van der Waals surface area contributed by atoms with Gasteiger partial charge in [0.2, 0.25) is 0 Å². The zero-order valence-corrected chi connectivity index (χ0v) is 12.5. The van der Waals surface area contributed by atoms with Crippen molar-refractivity contribution in [1.82, 2.24) is 9.55 Å². The first kappa shape index (κ1) is 13.4. The van der Waals surface area contributed by atoms with E-state index in [0.29, 0.717) is 0 Å². The quantitative estimate of drug-likeness (QED) is 0.757. The van der Waals surface area contributed by atoms with Gasteiger partial charge in [-0.3, -0.25) is 4.57 Å². The summed E-state index contributed by atoms with van der Waals surface area (Å²) in [6, 6.07) is 14.1. The lowest BCUT2D eigenvalue weighted by Gasteiger charge is -2.06. The van der Waals surface area contributed by atoms with Gasteiger partial charge >= 0.3 is 5.69 Å². The van der Waals surface area contributed by atoms with E-state index in [1.165, 1.54) is 11.1 Å². The summed E-state index contributed by atoms with van der Waals surface area (Å²) in [5.74, 6) is 0. The Balaban J connectivity index is 2.20. The molecule has 0 aliphatic carbocycles. The molecule has 0 aliphatic rings. The lowest BCUT2D eigenvalue weighted by molar-refractivity contribution is 1.04. The van der Waals surface area contributed by atoms with Crippen molar-refractivity contribution in [2.75, 3.05) is 0 Å². The van der Waals surface area contributed by atoms with Crippen molar-refractivity contribution in [3.8, 4) is 0 Å². The van der Waals surface area contributed by atoms with Crippen LogP contribution in [-0.2, 0) is 0 Å². The molecule has 3 aromatic rings. The Morgan fingerprint density at radius 1 is 1.10 bits per heavy atom. The number of aryl methyl sites for hydroxylation is 2. The van der Waals surface area contributed by atoms with E-state index in [1.807, 2.05) is 49.4 Å². The van der Waals surface area contributed by atoms with Gasteiger partial charge in [-0.1, -0.05) is 30.3 Å². The number of rotatable bonds is 2. The van der Waals surface area contributed by atoms with Gasteiger partial charge in [-0.15, -0.1) is 0 Å². The number of nitrogens with zero attached hydrogens (tertiary/aromatic N) is 1. The van der Waals surface area contributed by atoms with Crippen molar-refractivity contribution < 1.29 is 0 Å². The van der Waals surface area contributed by atoms with Crippen LogP contribution in [0.25, 0.3) is 22.8 Å². The number of nitrogens with one attached hydrogen (secondary N) is 1. The van der Waals surface area contributed by atoms with Gasteiger partial charge in [0.15, 0.2) is 0 Å². The zero-order valence-electron chi connectivity index (χ0n) is 12.5. The molecule has 3 nitrogen and oxygen atoms in total. The lowest BCUT2D eigenvalue weighted by atomic mass is 10.1. The van der Waals surface area contributed by atoms with Crippen LogP contribution in [-0.4, -0.2) is 9.55 Å². The molecule has 1 N–H and O–H groups in total. The van der Waals surface area contributed by atoms with Gasteiger partial charge in [-0.05, 0) is 55.7 Å². The molecule has 3 rings (SSSR count). The van der Waals surface area contributed by atoms with E-state index < -0.39 is 0 Å². The Bertz CT molecular complexity index is 883. The highest BCUT2D eigenvalue weighted by atomic mass is 16.1. The van der Waals surface area contributed by atoms with Crippen LogP contribution in [0.4, 0.5) is 0 Å². The van der Waals surface area contributed by atoms with E-state index >= 15 is 0 Å².